The number of piperazine rings is 1. The van der Waals surface area contributed by atoms with Crippen molar-refractivity contribution in [3.05, 3.63) is 35.5 Å². The molecule has 4 aliphatic rings. The predicted molar refractivity (Wildman–Crippen MR) is 143 cm³/mol. The normalized spacial score (nSPS) is 24.4. The van der Waals surface area contributed by atoms with Gasteiger partial charge in [0.15, 0.2) is 0 Å². The number of hydrogen-bond acceptors (Lipinski definition) is 5. The summed E-state index contributed by atoms with van der Waals surface area (Å²) in [7, 11) is -2.56. The van der Waals surface area contributed by atoms with Crippen LogP contribution >= 0.6 is 10.6 Å². The minimum absolute atomic E-state index is 0.0577. The lowest BCUT2D eigenvalue weighted by atomic mass is 10.1. The van der Waals surface area contributed by atoms with Crippen molar-refractivity contribution in [3.63, 3.8) is 0 Å². The molecule has 0 bridgehead atoms. The molecule has 2 saturated heterocycles. The van der Waals surface area contributed by atoms with Gasteiger partial charge in [0.05, 0.1) is 11.5 Å². The Morgan fingerprint density at radius 3 is 2.17 bits per heavy atom. The van der Waals surface area contributed by atoms with Crippen LogP contribution in [-0.4, -0.2) is 97.0 Å². The Morgan fingerprint density at radius 2 is 1.50 bits per heavy atom. The summed E-state index contributed by atoms with van der Waals surface area (Å²) in [5.74, 6) is 1.10. The second-order valence-corrected chi connectivity index (χ2v) is 13.5. The van der Waals surface area contributed by atoms with Gasteiger partial charge in [0.2, 0.25) is 0 Å². The smallest absolute Gasteiger partial charge is 0.270 e. The molecule has 4 fully saturated rings. The van der Waals surface area contributed by atoms with Crippen molar-refractivity contribution in [1.82, 2.24) is 19.3 Å². The molecular formula is C27H38N4O4S. The zero-order valence-corrected chi connectivity index (χ0v) is 21.8. The summed E-state index contributed by atoms with van der Waals surface area (Å²) in [6, 6.07) is 8.51. The largest absolute Gasteiger partial charge is 0.336 e. The first-order valence-corrected chi connectivity index (χ1v) is 15.5. The monoisotopic (exact) mass is 514 g/mol. The van der Waals surface area contributed by atoms with E-state index in [-0.39, 0.29) is 23.3 Å². The van der Waals surface area contributed by atoms with Gasteiger partial charge in [0, 0.05) is 68.3 Å². The fourth-order valence-corrected chi connectivity index (χ4v) is 7.40. The Morgan fingerprint density at radius 1 is 0.833 bits per heavy atom. The summed E-state index contributed by atoms with van der Waals surface area (Å²) < 4.78 is 22.0. The van der Waals surface area contributed by atoms with Crippen LogP contribution in [0, 0.1) is 5.92 Å². The van der Waals surface area contributed by atoms with Gasteiger partial charge in [-0.2, -0.15) is 10.6 Å². The zero-order valence-electron chi connectivity index (χ0n) is 21.0. The highest BCUT2D eigenvalue weighted by atomic mass is 32.3. The Hall–Kier alpha value is -2.07. The van der Waals surface area contributed by atoms with Gasteiger partial charge in [-0.3, -0.25) is 23.6 Å². The number of hydrogen-bond donors (Lipinski definition) is 2. The first kappa shape index (κ1) is 24.3. The average molecular weight is 515 g/mol. The van der Waals surface area contributed by atoms with Crippen LogP contribution in [0.2, 0.25) is 0 Å². The van der Waals surface area contributed by atoms with E-state index in [2.05, 4.69) is 9.47 Å². The van der Waals surface area contributed by atoms with E-state index in [0.29, 0.717) is 36.3 Å². The van der Waals surface area contributed by atoms with Crippen molar-refractivity contribution >= 4 is 33.3 Å². The molecule has 9 heteroatoms. The maximum Gasteiger partial charge on any atom is 0.270 e. The SMILES string of the molecule is O=C(c1ccc2c(c1)cc(C(=O)N1CCS(O)(O)CC1)n2CC1CC1)N1CCN(C2CCCC2)CC1. The third kappa shape index (κ3) is 4.90. The lowest BCUT2D eigenvalue weighted by Crippen LogP contribution is -2.51. The molecule has 3 heterocycles. The Labute approximate surface area is 214 Å². The van der Waals surface area contributed by atoms with E-state index < -0.39 is 10.6 Å². The molecule has 0 spiro atoms. The van der Waals surface area contributed by atoms with Gasteiger partial charge in [-0.1, -0.05) is 12.8 Å². The van der Waals surface area contributed by atoms with Gasteiger partial charge in [0.25, 0.3) is 11.8 Å². The Balaban J connectivity index is 1.21. The van der Waals surface area contributed by atoms with Gasteiger partial charge < -0.3 is 14.4 Å². The molecule has 2 saturated carbocycles. The van der Waals surface area contributed by atoms with Crippen LogP contribution in [0.5, 0.6) is 0 Å². The van der Waals surface area contributed by atoms with Crippen molar-refractivity contribution < 1.29 is 18.7 Å². The van der Waals surface area contributed by atoms with Crippen LogP contribution in [0.1, 0.15) is 59.4 Å². The molecule has 36 heavy (non-hydrogen) atoms. The molecule has 8 nitrogen and oxygen atoms in total. The molecule has 2 aliphatic carbocycles. The Bertz CT molecular complexity index is 1140. The number of fused-ring (bicyclic) bond motifs is 1. The fraction of sp³-hybridized carbons (Fsp3) is 0.630. The summed E-state index contributed by atoms with van der Waals surface area (Å²) in [6.45, 7) is 4.99. The molecule has 2 amide bonds. The van der Waals surface area contributed by atoms with E-state index in [4.69, 9.17) is 0 Å². The third-order valence-corrected chi connectivity index (χ3v) is 10.3. The first-order chi connectivity index (χ1) is 17.4. The Kier molecular flexibility index (Phi) is 6.52. The third-order valence-electron chi connectivity index (χ3n) is 8.61. The molecule has 0 atom stereocenters. The minimum atomic E-state index is -2.56. The van der Waals surface area contributed by atoms with Crippen molar-refractivity contribution in [1.29, 1.82) is 0 Å². The average Bonchev–Trinajstić information content (AvgIpc) is 3.39. The number of rotatable bonds is 5. The molecule has 1 aromatic carbocycles. The van der Waals surface area contributed by atoms with E-state index >= 15 is 0 Å². The standard InChI is InChI=1S/C27H38N4O4S/c32-26(29-11-9-28(10-12-29)23-3-1-2-4-23)21-7-8-24-22(17-21)18-25(31(24)19-20-5-6-20)27(33)30-13-15-36(34,35)16-14-30/h7-8,17-18,20,23,34-35H,1-6,9-16,19H2. The van der Waals surface area contributed by atoms with Crippen molar-refractivity contribution in [3.8, 4) is 0 Å². The van der Waals surface area contributed by atoms with E-state index in [1.54, 1.807) is 4.90 Å². The summed E-state index contributed by atoms with van der Waals surface area (Å²) in [5.41, 5.74) is 2.32. The van der Waals surface area contributed by atoms with Gasteiger partial charge in [0.1, 0.15) is 5.69 Å². The number of amides is 2. The van der Waals surface area contributed by atoms with Crippen molar-refractivity contribution in [2.45, 2.75) is 51.1 Å². The summed E-state index contributed by atoms with van der Waals surface area (Å²) in [4.78, 5) is 33.1. The first-order valence-electron chi connectivity index (χ1n) is 13.6. The molecular weight excluding hydrogens is 476 g/mol. The highest BCUT2D eigenvalue weighted by Gasteiger charge is 2.31. The van der Waals surface area contributed by atoms with Crippen LogP contribution in [0.25, 0.3) is 10.9 Å². The number of aromatic nitrogens is 1. The number of benzene rings is 1. The summed E-state index contributed by atoms with van der Waals surface area (Å²) in [5, 5.41) is 0.927. The van der Waals surface area contributed by atoms with Crippen LogP contribution < -0.4 is 0 Å². The fourth-order valence-electron chi connectivity index (χ4n) is 6.17. The second kappa shape index (κ2) is 9.67. The molecule has 6 rings (SSSR count). The van der Waals surface area contributed by atoms with Crippen LogP contribution in [-0.2, 0) is 6.54 Å². The highest BCUT2D eigenvalue weighted by Crippen LogP contribution is 2.41. The van der Waals surface area contributed by atoms with E-state index in [9.17, 15) is 18.7 Å². The molecule has 0 radical (unpaired) electrons. The van der Waals surface area contributed by atoms with E-state index in [0.717, 1.165) is 43.6 Å². The van der Waals surface area contributed by atoms with Gasteiger partial charge in [-0.05, 0) is 55.9 Å². The van der Waals surface area contributed by atoms with E-state index in [1.165, 1.54) is 38.5 Å². The quantitative estimate of drug-likeness (QED) is 0.631. The van der Waals surface area contributed by atoms with Crippen LogP contribution in [0.3, 0.4) is 0 Å². The molecule has 196 valence electrons. The molecule has 2 N–H and O–H groups in total. The van der Waals surface area contributed by atoms with Crippen LogP contribution in [0.4, 0.5) is 0 Å². The zero-order chi connectivity index (χ0) is 24.9. The van der Waals surface area contributed by atoms with Gasteiger partial charge in [-0.25, -0.2) is 0 Å². The summed E-state index contributed by atoms with van der Waals surface area (Å²) >= 11 is 0. The molecule has 1 aromatic heterocycles. The lowest BCUT2D eigenvalue weighted by molar-refractivity contribution is 0.0573. The van der Waals surface area contributed by atoms with Crippen molar-refractivity contribution in [2.24, 2.45) is 5.92 Å². The maximum atomic E-state index is 13.5. The number of carbonyl (C=O) groups excluding carboxylic acids is 2. The van der Waals surface area contributed by atoms with E-state index in [1.807, 2.05) is 29.2 Å². The van der Waals surface area contributed by atoms with Crippen LogP contribution in [0.15, 0.2) is 24.3 Å². The second-order valence-electron chi connectivity index (χ2n) is 11.1. The van der Waals surface area contributed by atoms with Crippen molar-refractivity contribution in [2.75, 3.05) is 50.8 Å². The predicted octanol–water partition coefficient (Wildman–Crippen LogP) is 3.96. The van der Waals surface area contributed by atoms with Gasteiger partial charge in [-0.15, -0.1) is 0 Å². The topological polar surface area (TPSA) is 89.2 Å². The summed E-state index contributed by atoms with van der Waals surface area (Å²) in [6.07, 6.45) is 7.61. The molecule has 0 unspecified atom stereocenters. The maximum absolute atomic E-state index is 13.5. The highest BCUT2D eigenvalue weighted by molar-refractivity contribution is 8.24. The lowest BCUT2D eigenvalue weighted by Gasteiger charge is -2.40. The minimum Gasteiger partial charge on any atom is -0.336 e. The number of nitrogens with zero attached hydrogens (tertiary/aromatic N) is 4. The van der Waals surface area contributed by atoms with Gasteiger partial charge >= 0.3 is 0 Å². The number of carbonyl (C=O) groups is 2. The molecule has 2 aromatic rings. The molecule has 2 aliphatic heterocycles.